The Bertz CT molecular complexity index is 613. The topological polar surface area (TPSA) is 95.4 Å². The minimum atomic E-state index is -3.54. The van der Waals surface area contributed by atoms with Crippen molar-refractivity contribution >= 4 is 15.7 Å². The molecule has 2 rings (SSSR count). The average Bonchev–Trinajstić information content (AvgIpc) is 2.38. The Kier molecular flexibility index (Phi) is 4.29. The quantitative estimate of drug-likeness (QED) is 0.487. The molecule has 1 fully saturated rings. The van der Waals surface area contributed by atoms with E-state index in [4.69, 9.17) is 10.3 Å². The molecule has 8 heteroatoms. The highest BCUT2D eigenvalue weighted by atomic mass is 32.2. The van der Waals surface area contributed by atoms with E-state index in [0.29, 0.717) is 18.8 Å². The van der Waals surface area contributed by atoms with Crippen molar-refractivity contribution in [3.05, 3.63) is 34.7 Å². The lowest BCUT2D eigenvalue weighted by molar-refractivity contribution is -0.0440. The highest BCUT2D eigenvalue weighted by Crippen LogP contribution is 2.23. The smallest absolute Gasteiger partial charge is 0.243 e. The molecule has 0 saturated carbocycles. The van der Waals surface area contributed by atoms with Crippen LogP contribution in [0.5, 0.6) is 0 Å². The van der Waals surface area contributed by atoms with E-state index in [1.165, 1.54) is 28.6 Å². The summed E-state index contributed by atoms with van der Waals surface area (Å²) in [6.45, 7) is 4.38. The van der Waals surface area contributed by atoms with Crippen molar-refractivity contribution in [2.75, 3.05) is 13.1 Å². The van der Waals surface area contributed by atoms with Gasteiger partial charge in [0.25, 0.3) is 0 Å². The predicted octanol–water partition coefficient (Wildman–Crippen LogP) is 2.43. The monoisotopic (exact) mass is 296 g/mol. The summed E-state index contributed by atoms with van der Waals surface area (Å²) in [6, 6.07) is 5.87. The molecule has 2 unspecified atom stereocenters. The molecule has 1 aromatic carbocycles. The van der Waals surface area contributed by atoms with Crippen LogP contribution in [0.3, 0.4) is 0 Å². The SMILES string of the molecule is CC1CN(S(=O)(=O)c2ccc(N=[N+]=[N-])cc2)CC(C)O1. The zero-order valence-corrected chi connectivity index (χ0v) is 12.1. The first-order chi connectivity index (χ1) is 9.43. The highest BCUT2D eigenvalue weighted by molar-refractivity contribution is 7.89. The van der Waals surface area contributed by atoms with Crippen LogP contribution in [-0.2, 0) is 14.8 Å². The Morgan fingerprint density at radius 1 is 1.25 bits per heavy atom. The maximum Gasteiger partial charge on any atom is 0.243 e. The summed E-state index contributed by atoms with van der Waals surface area (Å²) in [7, 11) is -3.54. The van der Waals surface area contributed by atoms with E-state index in [-0.39, 0.29) is 17.1 Å². The third kappa shape index (κ3) is 3.10. The van der Waals surface area contributed by atoms with Gasteiger partial charge in [-0.3, -0.25) is 0 Å². The molecular formula is C12H16N4O3S. The number of sulfonamides is 1. The largest absolute Gasteiger partial charge is 0.373 e. The summed E-state index contributed by atoms with van der Waals surface area (Å²) in [4.78, 5) is 2.85. The first-order valence-corrected chi connectivity index (χ1v) is 7.68. The summed E-state index contributed by atoms with van der Waals surface area (Å²) in [5, 5.41) is 3.42. The Morgan fingerprint density at radius 3 is 2.30 bits per heavy atom. The number of morpholine rings is 1. The van der Waals surface area contributed by atoms with E-state index in [1.54, 1.807) is 0 Å². The molecule has 1 saturated heterocycles. The Hall–Kier alpha value is -1.60. The van der Waals surface area contributed by atoms with Gasteiger partial charge in [-0.25, -0.2) is 8.42 Å². The van der Waals surface area contributed by atoms with Crippen LogP contribution in [-0.4, -0.2) is 38.0 Å². The number of hydrogen-bond acceptors (Lipinski definition) is 4. The van der Waals surface area contributed by atoms with E-state index >= 15 is 0 Å². The van der Waals surface area contributed by atoms with E-state index in [0.717, 1.165) is 0 Å². The van der Waals surface area contributed by atoms with Crippen LogP contribution < -0.4 is 0 Å². The van der Waals surface area contributed by atoms with Gasteiger partial charge in [-0.15, -0.1) is 0 Å². The van der Waals surface area contributed by atoms with Crippen LogP contribution in [0, 0.1) is 0 Å². The minimum absolute atomic E-state index is 0.129. The fourth-order valence-electron chi connectivity index (χ4n) is 2.21. The molecule has 0 spiro atoms. The van der Waals surface area contributed by atoms with Gasteiger partial charge in [-0.1, -0.05) is 17.2 Å². The molecule has 0 bridgehead atoms. The van der Waals surface area contributed by atoms with Crippen molar-refractivity contribution in [1.29, 1.82) is 0 Å². The third-order valence-electron chi connectivity index (χ3n) is 3.02. The van der Waals surface area contributed by atoms with Crippen molar-refractivity contribution in [3.63, 3.8) is 0 Å². The molecule has 108 valence electrons. The number of hydrogen-bond donors (Lipinski definition) is 0. The lowest BCUT2D eigenvalue weighted by Gasteiger charge is -2.34. The third-order valence-corrected chi connectivity index (χ3v) is 4.87. The van der Waals surface area contributed by atoms with Gasteiger partial charge < -0.3 is 4.74 Å². The van der Waals surface area contributed by atoms with E-state index in [2.05, 4.69) is 10.0 Å². The van der Waals surface area contributed by atoms with Crippen LogP contribution in [0.15, 0.2) is 34.3 Å². The lowest BCUT2D eigenvalue weighted by Crippen LogP contribution is -2.48. The second-order valence-electron chi connectivity index (χ2n) is 4.76. The number of nitrogens with zero attached hydrogens (tertiary/aromatic N) is 4. The first kappa shape index (κ1) is 14.8. The lowest BCUT2D eigenvalue weighted by atomic mass is 10.3. The van der Waals surface area contributed by atoms with E-state index < -0.39 is 10.0 Å². The zero-order valence-electron chi connectivity index (χ0n) is 11.3. The molecule has 0 amide bonds. The Balaban J connectivity index is 2.27. The molecule has 1 heterocycles. The zero-order chi connectivity index (χ0) is 14.8. The van der Waals surface area contributed by atoms with Gasteiger partial charge in [0.15, 0.2) is 0 Å². The maximum absolute atomic E-state index is 12.5. The molecule has 0 aromatic heterocycles. The first-order valence-electron chi connectivity index (χ1n) is 6.24. The summed E-state index contributed by atoms with van der Waals surface area (Å²) >= 11 is 0. The minimum Gasteiger partial charge on any atom is -0.373 e. The van der Waals surface area contributed by atoms with Crippen molar-refractivity contribution in [2.45, 2.75) is 31.0 Å². The van der Waals surface area contributed by atoms with Gasteiger partial charge in [-0.2, -0.15) is 4.31 Å². The van der Waals surface area contributed by atoms with Crippen LogP contribution in [0.2, 0.25) is 0 Å². The maximum atomic E-state index is 12.5. The molecule has 1 aromatic rings. The second kappa shape index (κ2) is 5.80. The Morgan fingerprint density at radius 2 is 1.80 bits per heavy atom. The fraction of sp³-hybridized carbons (Fsp3) is 0.500. The summed E-state index contributed by atoms with van der Waals surface area (Å²) in [6.07, 6.45) is -0.257. The number of benzene rings is 1. The van der Waals surface area contributed by atoms with Gasteiger partial charge in [-0.05, 0) is 31.5 Å². The molecule has 0 N–H and O–H groups in total. The molecule has 1 aliphatic rings. The molecule has 7 nitrogen and oxygen atoms in total. The van der Waals surface area contributed by atoms with Crippen molar-refractivity contribution < 1.29 is 13.2 Å². The summed E-state index contributed by atoms with van der Waals surface area (Å²) < 4.78 is 32.0. The van der Waals surface area contributed by atoms with Crippen LogP contribution >= 0.6 is 0 Å². The van der Waals surface area contributed by atoms with Crippen molar-refractivity contribution in [3.8, 4) is 0 Å². The second-order valence-corrected chi connectivity index (χ2v) is 6.70. The molecular weight excluding hydrogens is 280 g/mol. The molecule has 20 heavy (non-hydrogen) atoms. The predicted molar refractivity (Wildman–Crippen MR) is 74.0 cm³/mol. The standard InChI is InChI=1S/C12H16N4O3S/c1-9-7-16(8-10(2)19-9)20(17,18)12-5-3-11(4-6-12)14-15-13/h3-6,9-10H,7-8H2,1-2H3. The fourth-order valence-corrected chi connectivity index (χ4v) is 3.80. The normalized spacial score (nSPS) is 24.1. The van der Waals surface area contributed by atoms with E-state index in [1.807, 2.05) is 13.8 Å². The van der Waals surface area contributed by atoms with Gasteiger partial charge in [0.2, 0.25) is 10.0 Å². The molecule has 0 radical (unpaired) electrons. The Labute approximate surface area is 117 Å². The van der Waals surface area contributed by atoms with Gasteiger partial charge >= 0.3 is 0 Å². The number of rotatable bonds is 3. The molecule has 0 aliphatic carbocycles. The van der Waals surface area contributed by atoms with Gasteiger partial charge in [0, 0.05) is 23.7 Å². The van der Waals surface area contributed by atoms with Gasteiger partial charge in [0.1, 0.15) is 0 Å². The van der Waals surface area contributed by atoms with Crippen molar-refractivity contribution in [2.24, 2.45) is 5.11 Å². The summed E-state index contributed by atoms with van der Waals surface area (Å²) in [5.41, 5.74) is 8.71. The van der Waals surface area contributed by atoms with E-state index in [9.17, 15) is 8.42 Å². The highest BCUT2D eigenvalue weighted by Gasteiger charge is 2.31. The van der Waals surface area contributed by atoms with Crippen LogP contribution in [0.4, 0.5) is 5.69 Å². The average molecular weight is 296 g/mol. The van der Waals surface area contributed by atoms with Crippen LogP contribution in [0.1, 0.15) is 13.8 Å². The van der Waals surface area contributed by atoms with Crippen LogP contribution in [0.25, 0.3) is 10.4 Å². The van der Waals surface area contributed by atoms with Crippen molar-refractivity contribution in [1.82, 2.24) is 4.31 Å². The van der Waals surface area contributed by atoms with Gasteiger partial charge in [0.05, 0.1) is 17.1 Å². The molecule has 2 atom stereocenters. The summed E-state index contributed by atoms with van der Waals surface area (Å²) in [5.74, 6) is 0. The number of ether oxygens (including phenoxy) is 1. The number of azide groups is 1. The molecule has 1 aliphatic heterocycles.